The Kier molecular flexibility index (Phi) is 10.8. The molecule has 230 valence electrons. The molecule has 4 rings (SSSR count). The lowest BCUT2D eigenvalue weighted by molar-refractivity contribution is -0.140. The van der Waals surface area contributed by atoms with Crippen molar-refractivity contribution in [2.75, 3.05) is 18.0 Å². The number of halogens is 2. The average molecular weight is 675 g/mol. The standard InChI is InChI=1S/C32H37BrFN3O5S/c1-4-29(32(39)35-25-7-5-6-8-25)36(20-23-11-13-24(34)14-12-23)31(38)21-37(26-15-9-22(2)10-16-26)43(40,41)27-17-18-30(42-3)28(33)19-27/h9-19,25,29H,4-8,20-21H2,1-3H3,(H,35,39)/t29-/m0/s1. The molecule has 11 heteroatoms. The summed E-state index contributed by atoms with van der Waals surface area (Å²) in [6.45, 7) is 3.15. The zero-order valence-corrected chi connectivity index (χ0v) is 27.0. The Bertz CT molecular complexity index is 1530. The van der Waals surface area contributed by atoms with Gasteiger partial charge >= 0.3 is 0 Å². The summed E-state index contributed by atoms with van der Waals surface area (Å²) < 4.78 is 48.7. The van der Waals surface area contributed by atoms with E-state index in [9.17, 15) is 22.4 Å². The molecule has 8 nitrogen and oxygen atoms in total. The minimum Gasteiger partial charge on any atom is -0.496 e. The summed E-state index contributed by atoms with van der Waals surface area (Å²) in [7, 11) is -2.76. The van der Waals surface area contributed by atoms with Gasteiger partial charge in [-0.1, -0.05) is 49.6 Å². The van der Waals surface area contributed by atoms with Crippen molar-refractivity contribution in [2.24, 2.45) is 0 Å². The Morgan fingerprint density at radius 3 is 2.28 bits per heavy atom. The molecule has 0 spiro atoms. The first-order valence-electron chi connectivity index (χ1n) is 14.3. The molecule has 1 aliphatic carbocycles. The molecule has 1 N–H and O–H groups in total. The maximum Gasteiger partial charge on any atom is 0.264 e. The van der Waals surface area contributed by atoms with Gasteiger partial charge in [0.15, 0.2) is 0 Å². The average Bonchev–Trinajstić information content (AvgIpc) is 3.50. The highest BCUT2D eigenvalue weighted by atomic mass is 79.9. The number of sulfonamides is 1. The second-order valence-electron chi connectivity index (χ2n) is 10.7. The first-order chi connectivity index (χ1) is 20.5. The van der Waals surface area contributed by atoms with Crippen molar-refractivity contribution in [1.29, 1.82) is 0 Å². The Hall–Kier alpha value is -3.44. The topological polar surface area (TPSA) is 96.0 Å². The van der Waals surface area contributed by atoms with Crippen LogP contribution in [0.3, 0.4) is 0 Å². The SMILES string of the molecule is CC[C@@H](C(=O)NC1CCCC1)N(Cc1ccc(F)cc1)C(=O)CN(c1ccc(C)cc1)S(=O)(=O)c1ccc(OC)c(Br)c1. The lowest BCUT2D eigenvalue weighted by Gasteiger charge is -2.33. The molecule has 0 radical (unpaired) electrons. The van der Waals surface area contributed by atoms with Crippen LogP contribution in [0.5, 0.6) is 5.75 Å². The van der Waals surface area contributed by atoms with Crippen LogP contribution < -0.4 is 14.4 Å². The van der Waals surface area contributed by atoms with Crippen molar-refractivity contribution in [1.82, 2.24) is 10.2 Å². The van der Waals surface area contributed by atoms with Crippen LogP contribution in [-0.4, -0.2) is 50.9 Å². The fraction of sp³-hybridized carbons (Fsp3) is 0.375. The number of anilines is 1. The first-order valence-corrected chi connectivity index (χ1v) is 16.5. The van der Waals surface area contributed by atoms with Crippen LogP contribution in [0.15, 0.2) is 76.1 Å². The van der Waals surface area contributed by atoms with Crippen molar-refractivity contribution < 1.29 is 27.1 Å². The number of rotatable bonds is 12. The van der Waals surface area contributed by atoms with Gasteiger partial charge in [0.05, 0.1) is 22.2 Å². The molecule has 3 aromatic carbocycles. The van der Waals surface area contributed by atoms with Crippen molar-refractivity contribution >= 4 is 43.5 Å². The molecule has 1 saturated carbocycles. The highest BCUT2D eigenvalue weighted by molar-refractivity contribution is 9.10. The van der Waals surface area contributed by atoms with Crippen molar-refractivity contribution in [2.45, 2.75) is 69.5 Å². The third-order valence-electron chi connectivity index (χ3n) is 7.67. The van der Waals surface area contributed by atoms with Gasteiger partial charge in [0, 0.05) is 12.6 Å². The highest BCUT2D eigenvalue weighted by Crippen LogP contribution is 2.31. The van der Waals surface area contributed by atoms with E-state index in [4.69, 9.17) is 4.74 Å². The first kappa shape index (κ1) is 32.5. The minimum atomic E-state index is -4.24. The lowest BCUT2D eigenvalue weighted by atomic mass is 10.1. The van der Waals surface area contributed by atoms with Crippen LogP contribution in [-0.2, 0) is 26.2 Å². The molecule has 0 heterocycles. The van der Waals surface area contributed by atoms with E-state index in [1.165, 1.54) is 42.3 Å². The summed E-state index contributed by atoms with van der Waals surface area (Å²) in [5.41, 5.74) is 1.84. The minimum absolute atomic E-state index is 0.00553. The number of nitrogens with zero attached hydrogens (tertiary/aromatic N) is 2. The fourth-order valence-electron chi connectivity index (χ4n) is 5.25. The number of nitrogens with one attached hydrogen (secondary N) is 1. The van der Waals surface area contributed by atoms with Crippen LogP contribution >= 0.6 is 15.9 Å². The van der Waals surface area contributed by atoms with E-state index in [-0.39, 0.29) is 23.4 Å². The summed E-state index contributed by atoms with van der Waals surface area (Å²) in [5, 5.41) is 3.08. The van der Waals surface area contributed by atoms with Crippen LogP contribution in [0.4, 0.5) is 10.1 Å². The van der Waals surface area contributed by atoms with Gasteiger partial charge in [-0.25, -0.2) is 12.8 Å². The van der Waals surface area contributed by atoms with Crippen LogP contribution in [0, 0.1) is 12.7 Å². The molecule has 3 aromatic rings. The number of carbonyl (C=O) groups is 2. The lowest BCUT2D eigenvalue weighted by Crippen LogP contribution is -2.53. The van der Waals surface area contributed by atoms with Gasteiger partial charge in [0.25, 0.3) is 10.0 Å². The maximum absolute atomic E-state index is 14.2. The number of hydrogen-bond donors (Lipinski definition) is 1. The number of carbonyl (C=O) groups excluding carboxylic acids is 2. The van der Waals surface area contributed by atoms with Crippen LogP contribution in [0.2, 0.25) is 0 Å². The molecule has 0 aliphatic heterocycles. The Morgan fingerprint density at radius 1 is 1.05 bits per heavy atom. The van der Waals surface area contributed by atoms with E-state index in [0.717, 1.165) is 35.6 Å². The Morgan fingerprint density at radius 2 is 1.70 bits per heavy atom. The molecular weight excluding hydrogens is 637 g/mol. The predicted octanol–water partition coefficient (Wildman–Crippen LogP) is 5.97. The molecule has 2 amide bonds. The molecule has 0 saturated heterocycles. The molecule has 1 fully saturated rings. The third kappa shape index (κ3) is 7.94. The third-order valence-corrected chi connectivity index (χ3v) is 10.1. The maximum atomic E-state index is 14.2. The quantitative estimate of drug-likeness (QED) is 0.256. The normalized spacial score (nSPS) is 14.3. The molecular formula is C32H37BrFN3O5S. The van der Waals surface area contributed by atoms with E-state index < -0.39 is 34.3 Å². The molecule has 0 unspecified atom stereocenters. The summed E-state index contributed by atoms with van der Waals surface area (Å²) in [6.07, 6.45) is 4.14. The van der Waals surface area contributed by atoms with Gasteiger partial charge in [-0.3, -0.25) is 13.9 Å². The summed E-state index contributed by atoms with van der Waals surface area (Å²) in [5.74, 6) is -0.806. The van der Waals surface area contributed by atoms with E-state index >= 15 is 0 Å². The van der Waals surface area contributed by atoms with Gasteiger partial charge < -0.3 is 15.0 Å². The Balaban J connectivity index is 1.72. The number of hydrogen-bond acceptors (Lipinski definition) is 5. The van der Waals surface area contributed by atoms with Crippen molar-refractivity contribution in [3.05, 3.63) is 88.1 Å². The molecule has 1 atom stereocenters. The number of ether oxygens (including phenoxy) is 1. The van der Waals surface area contributed by atoms with E-state index in [1.54, 1.807) is 36.4 Å². The van der Waals surface area contributed by atoms with E-state index in [0.29, 0.717) is 27.9 Å². The molecule has 1 aliphatic rings. The fourth-order valence-corrected chi connectivity index (χ4v) is 7.38. The van der Waals surface area contributed by atoms with Gasteiger partial charge in [-0.2, -0.15) is 0 Å². The summed E-state index contributed by atoms with van der Waals surface area (Å²) >= 11 is 3.36. The smallest absolute Gasteiger partial charge is 0.264 e. The van der Waals surface area contributed by atoms with Gasteiger partial charge in [-0.05, 0) is 90.1 Å². The number of amides is 2. The van der Waals surface area contributed by atoms with Crippen LogP contribution in [0.1, 0.15) is 50.2 Å². The van der Waals surface area contributed by atoms with E-state index in [1.807, 2.05) is 13.8 Å². The Labute approximate surface area is 261 Å². The van der Waals surface area contributed by atoms with E-state index in [2.05, 4.69) is 21.2 Å². The van der Waals surface area contributed by atoms with Gasteiger partial charge in [-0.15, -0.1) is 0 Å². The van der Waals surface area contributed by atoms with Crippen molar-refractivity contribution in [3.8, 4) is 5.75 Å². The molecule has 0 bridgehead atoms. The number of aryl methyl sites for hydroxylation is 1. The van der Waals surface area contributed by atoms with Crippen molar-refractivity contribution in [3.63, 3.8) is 0 Å². The zero-order chi connectivity index (χ0) is 31.1. The second kappa shape index (κ2) is 14.4. The largest absolute Gasteiger partial charge is 0.496 e. The molecule has 43 heavy (non-hydrogen) atoms. The predicted molar refractivity (Wildman–Crippen MR) is 168 cm³/mol. The van der Waals surface area contributed by atoms with Crippen LogP contribution in [0.25, 0.3) is 0 Å². The molecule has 0 aromatic heterocycles. The summed E-state index contributed by atoms with van der Waals surface area (Å²) in [4.78, 5) is 29.1. The monoisotopic (exact) mass is 673 g/mol. The number of methoxy groups -OCH3 is 1. The zero-order valence-electron chi connectivity index (χ0n) is 24.6. The van der Waals surface area contributed by atoms with Gasteiger partial charge in [0.2, 0.25) is 11.8 Å². The number of benzene rings is 3. The van der Waals surface area contributed by atoms with Gasteiger partial charge in [0.1, 0.15) is 24.2 Å². The second-order valence-corrected chi connectivity index (χ2v) is 13.4. The summed E-state index contributed by atoms with van der Waals surface area (Å²) in [6, 6.07) is 16.1. The highest BCUT2D eigenvalue weighted by Gasteiger charge is 2.34.